The van der Waals surface area contributed by atoms with Gasteiger partial charge in [0.25, 0.3) is 0 Å². The second-order valence-electron chi connectivity index (χ2n) is 5.58. The van der Waals surface area contributed by atoms with Crippen molar-refractivity contribution in [2.75, 3.05) is 32.8 Å². The molecule has 0 aliphatic rings. The minimum absolute atomic E-state index is 0. The third kappa shape index (κ3) is 8.32. The number of nitrogens with zero attached hydrogens (tertiary/aromatic N) is 2. The summed E-state index contributed by atoms with van der Waals surface area (Å²) in [5.41, 5.74) is 1.07. The zero-order valence-corrected chi connectivity index (χ0v) is 18.4. The number of aliphatic hydroxyl groups is 1. The molecule has 8 heteroatoms. The fourth-order valence-corrected chi connectivity index (χ4v) is 2.51. The molecular weight excluding hydrogens is 479 g/mol. The van der Waals surface area contributed by atoms with Crippen molar-refractivity contribution in [1.29, 1.82) is 0 Å². The third-order valence-corrected chi connectivity index (χ3v) is 3.95. The molecule has 2 rings (SSSR count). The molecule has 27 heavy (non-hydrogen) atoms. The molecule has 0 aliphatic heterocycles. The van der Waals surface area contributed by atoms with Crippen molar-refractivity contribution in [3.63, 3.8) is 0 Å². The van der Waals surface area contributed by atoms with Crippen LogP contribution in [0.25, 0.3) is 0 Å². The molecule has 0 amide bonds. The molecule has 3 N–H and O–H groups in total. The summed E-state index contributed by atoms with van der Waals surface area (Å²) in [5, 5.41) is 16.5. The van der Waals surface area contributed by atoms with E-state index in [1.807, 2.05) is 37.3 Å². The maximum Gasteiger partial charge on any atom is 0.232 e. The van der Waals surface area contributed by atoms with Crippen LogP contribution in [0.3, 0.4) is 0 Å². The van der Waals surface area contributed by atoms with Crippen LogP contribution in [0.1, 0.15) is 18.4 Å². The number of halogens is 2. The number of aliphatic imine (C=N–C) groups is 1. The first-order valence-corrected chi connectivity index (χ1v) is 9.03. The van der Waals surface area contributed by atoms with Crippen molar-refractivity contribution >= 4 is 41.5 Å². The van der Waals surface area contributed by atoms with E-state index in [1.165, 1.54) is 0 Å². The molecule has 1 heterocycles. The van der Waals surface area contributed by atoms with E-state index in [-0.39, 0.29) is 36.5 Å². The first-order chi connectivity index (χ1) is 12.7. The molecule has 0 aliphatic carbocycles. The Morgan fingerprint density at radius 1 is 1.22 bits per heavy atom. The molecule has 0 fully saturated rings. The predicted molar refractivity (Wildman–Crippen MR) is 120 cm³/mol. The number of nitrogens with one attached hydrogen (secondary N) is 2. The first kappa shape index (κ1) is 23.5. The monoisotopic (exact) mass is 504 g/mol. The molecule has 0 bridgehead atoms. The topological polar surface area (TPSA) is 78.8 Å². The van der Waals surface area contributed by atoms with E-state index in [9.17, 15) is 5.11 Å². The van der Waals surface area contributed by atoms with Crippen molar-refractivity contribution in [2.45, 2.75) is 12.8 Å². The lowest BCUT2D eigenvalue weighted by atomic mass is 10.0. The van der Waals surface area contributed by atoms with Gasteiger partial charge in [-0.05, 0) is 24.6 Å². The van der Waals surface area contributed by atoms with Gasteiger partial charge in [-0.3, -0.25) is 4.99 Å². The van der Waals surface area contributed by atoms with Gasteiger partial charge in [-0.1, -0.05) is 41.9 Å². The number of hydrogen-bond acceptors (Lipinski definition) is 4. The first-order valence-electron chi connectivity index (χ1n) is 8.66. The Balaban J connectivity index is 0.00000364. The maximum atomic E-state index is 9.64. The van der Waals surface area contributed by atoms with Crippen molar-refractivity contribution < 1.29 is 9.84 Å². The molecule has 6 nitrogen and oxygen atoms in total. The molecule has 0 spiro atoms. The van der Waals surface area contributed by atoms with Gasteiger partial charge in [-0.15, -0.1) is 24.0 Å². The number of pyridine rings is 1. The van der Waals surface area contributed by atoms with Gasteiger partial charge in [-0.25, -0.2) is 4.98 Å². The van der Waals surface area contributed by atoms with Gasteiger partial charge < -0.3 is 20.5 Å². The summed E-state index contributed by atoms with van der Waals surface area (Å²) >= 11 is 6.01. The van der Waals surface area contributed by atoms with E-state index in [4.69, 9.17) is 16.3 Å². The van der Waals surface area contributed by atoms with E-state index in [2.05, 4.69) is 20.6 Å². The summed E-state index contributed by atoms with van der Waals surface area (Å²) < 4.78 is 5.55. The van der Waals surface area contributed by atoms with E-state index >= 15 is 0 Å². The number of benzene rings is 1. The molecule has 2 aromatic rings. The van der Waals surface area contributed by atoms with Crippen LogP contribution in [0.5, 0.6) is 5.88 Å². The highest BCUT2D eigenvalue weighted by Crippen LogP contribution is 2.19. The van der Waals surface area contributed by atoms with Crippen LogP contribution in [-0.2, 0) is 0 Å². The Hall–Kier alpha value is -1.58. The quantitative estimate of drug-likeness (QED) is 0.212. The van der Waals surface area contributed by atoms with E-state index in [0.29, 0.717) is 36.6 Å². The second-order valence-corrected chi connectivity index (χ2v) is 5.98. The van der Waals surface area contributed by atoms with Crippen LogP contribution in [0, 0.1) is 0 Å². The van der Waals surface area contributed by atoms with Gasteiger partial charge in [0.05, 0.1) is 19.7 Å². The highest BCUT2D eigenvalue weighted by molar-refractivity contribution is 14.0. The van der Waals surface area contributed by atoms with Gasteiger partial charge >= 0.3 is 0 Å². The zero-order chi connectivity index (χ0) is 18.6. The second kappa shape index (κ2) is 13.6. The number of rotatable bonds is 9. The average Bonchev–Trinajstić information content (AvgIpc) is 2.67. The largest absolute Gasteiger partial charge is 0.475 e. The van der Waals surface area contributed by atoms with Crippen LogP contribution in [-0.4, -0.2) is 48.9 Å². The molecule has 1 aromatic heterocycles. The number of guanidine groups is 1. The van der Waals surface area contributed by atoms with Crippen LogP contribution >= 0.6 is 35.6 Å². The Morgan fingerprint density at radius 2 is 2.00 bits per heavy atom. The summed E-state index contributed by atoms with van der Waals surface area (Å²) in [6.07, 6.45) is 1.64. The number of ether oxygens (including phenoxy) is 1. The number of aliphatic hydroxyl groups excluding tert-OH is 1. The molecule has 148 valence electrons. The lowest BCUT2D eigenvalue weighted by Gasteiger charge is -2.15. The normalized spacial score (nSPS) is 12.0. The van der Waals surface area contributed by atoms with Crippen molar-refractivity contribution in [3.05, 3.63) is 59.2 Å². The SMILES string of the molecule is CCNC(=NCC(CO)c1ccccc1)NCCOc1ncccc1Cl.I. The van der Waals surface area contributed by atoms with Gasteiger partial charge in [0.2, 0.25) is 5.88 Å². The highest BCUT2D eigenvalue weighted by atomic mass is 127. The van der Waals surface area contributed by atoms with Crippen LogP contribution < -0.4 is 15.4 Å². The summed E-state index contributed by atoms with van der Waals surface area (Å²) in [6.45, 7) is 4.24. The fraction of sp³-hybridized carbons (Fsp3) is 0.368. The van der Waals surface area contributed by atoms with Crippen LogP contribution in [0.15, 0.2) is 53.7 Å². The summed E-state index contributed by atoms with van der Waals surface area (Å²) in [5.74, 6) is 1.06. The Bertz CT molecular complexity index is 688. The molecule has 1 unspecified atom stereocenters. The van der Waals surface area contributed by atoms with Crippen molar-refractivity contribution in [1.82, 2.24) is 15.6 Å². The van der Waals surface area contributed by atoms with Crippen LogP contribution in [0.2, 0.25) is 5.02 Å². The van der Waals surface area contributed by atoms with Gasteiger partial charge in [0.15, 0.2) is 5.96 Å². The summed E-state index contributed by atoms with van der Waals surface area (Å²) in [6, 6.07) is 13.4. The van der Waals surface area contributed by atoms with Gasteiger partial charge in [0, 0.05) is 18.7 Å². The molecule has 0 saturated heterocycles. The minimum atomic E-state index is -0.0322. The Morgan fingerprint density at radius 3 is 2.67 bits per heavy atom. The van der Waals surface area contributed by atoms with E-state index in [1.54, 1.807) is 18.3 Å². The summed E-state index contributed by atoms with van der Waals surface area (Å²) in [7, 11) is 0. The average molecular weight is 505 g/mol. The predicted octanol–water partition coefficient (Wildman–Crippen LogP) is 3.06. The molecule has 1 atom stereocenters. The summed E-state index contributed by atoms with van der Waals surface area (Å²) in [4.78, 5) is 8.64. The highest BCUT2D eigenvalue weighted by Gasteiger charge is 2.10. The number of hydrogen-bond donors (Lipinski definition) is 3. The smallest absolute Gasteiger partial charge is 0.232 e. The van der Waals surface area contributed by atoms with E-state index in [0.717, 1.165) is 12.1 Å². The minimum Gasteiger partial charge on any atom is -0.475 e. The lowest BCUT2D eigenvalue weighted by molar-refractivity contribution is 0.268. The molecular formula is C19H26ClIN4O2. The van der Waals surface area contributed by atoms with Crippen molar-refractivity contribution in [3.8, 4) is 5.88 Å². The zero-order valence-electron chi connectivity index (χ0n) is 15.3. The Kier molecular flexibility index (Phi) is 11.8. The number of aromatic nitrogens is 1. The third-order valence-electron chi connectivity index (χ3n) is 3.66. The fourth-order valence-electron chi connectivity index (χ4n) is 2.33. The van der Waals surface area contributed by atoms with Crippen molar-refractivity contribution in [2.24, 2.45) is 4.99 Å². The van der Waals surface area contributed by atoms with E-state index < -0.39 is 0 Å². The maximum absolute atomic E-state index is 9.64. The van der Waals surface area contributed by atoms with Crippen LogP contribution in [0.4, 0.5) is 0 Å². The standard InChI is InChI=1S/C19H25ClN4O2.HI/c1-2-21-19(23-11-12-26-18-17(20)9-6-10-22-18)24-13-16(14-25)15-7-4-3-5-8-15;/h3-10,16,25H,2,11-14H2,1H3,(H2,21,23,24);1H. The molecule has 0 saturated carbocycles. The molecule has 0 radical (unpaired) electrons. The van der Waals surface area contributed by atoms with Gasteiger partial charge in [-0.2, -0.15) is 0 Å². The molecule has 1 aromatic carbocycles. The Labute approximate surface area is 182 Å². The van der Waals surface area contributed by atoms with Gasteiger partial charge in [0.1, 0.15) is 11.6 Å². The lowest BCUT2D eigenvalue weighted by Crippen LogP contribution is -2.39.